The molecule has 27 heavy (non-hydrogen) atoms. The molecule has 0 spiro atoms. The van der Waals surface area contributed by atoms with Gasteiger partial charge in [-0.05, 0) is 43.5 Å². The molecule has 0 aliphatic rings. The smallest absolute Gasteiger partial charge is 0.164 e. The van der Waals surface area contributed by atoms with E-state index in [2.05, 4.69) is 30.8 Å². The highest BCUT2D eigenvalue weighted by molar-refractivity contribution is 6.33. The van der Waals surface area contributed by atoms with Gasteiger partial charge in [-0.25, -0.2) is 4.98 Å². The minimum absolute atomic E-state index is 0.643. The molecule has 3 rings (SSSR count). The number of aryl methyl sites for hydroxylation is 1. The molecule has 0 amide bonds. The highest BCUT2D eigenvalue weighted by atomic mass is 35.5. The van der Waals surface area contributed by atoms with E-state index in [1.807, 2.05) is 35.0 Å². The molecule has 2 aromatic heterocycles. The molecule has 0 atom stereocenters. The first kappa shape index (κ1) is 19.5. The molecule has 3 aromatic rings. The summed E-state index contributed by atoms with van der Waals surface area (Å²) in [4.78, 5) is 7.34. The Hall–Kier alpha value is -2.27. The number of hydrogen-bond donors (Lipinski definition) is 0. The van der Waals surface area contributed by atoms with Crippen LogP contribution in [0.3, 0.4) is 0 Å². The van der Waals surface area contributed by atoms with E-state index in [1.54, 1.807) is 7.11 Å². The Bertz CT molecular complexity index is 916. The molecule has 0 unspecified atom stereocenters. The summed E-state index contributed by atoms with van der Waals surface area (Å²) in [6.45, 7) is 8.52. The maximum absolute atomic E-state index is 6.54. The molecule has 0 aliphatic carbocycles. The van der Waals surface area contributed by atoms with Crippen molar-refractivity contribution in [2.24, 2.45) is 0 Å². The predicted octanol–water partition coefficient (Wildman–Crippen LogP) is 5.25. The summed E-state index contributed by atoms with van der Waals surface area (Å²) in [5.41, 5.74) is 3.82. The third-order valence-corrected chi connectivity index (χ3v) is 4.97. The molecule has 6 heteroatoms. The van der Waals surface area contributed by atoms with E-state index >= 15 is 0 Å². The topological polar surface area (TPSA) is 42.7 Å². The van der Waals surface area contributed by atoms with Crippen LogP contribution in [0.1, 0.15) is 39.3 Å². The Kier molecular flexibility index (Phi) is 6.22. The fourth-order valence-corrected chi connectivity index (χ4v) is 3.72. The van der Waals surface area contributed by atoms with Crippen LogP contribution in [0, 0.1) is 0 Å². The number of aromatic nitrogens is 3. The van der Waals surface area contributed by atoms with Gasteiger partial charge in [-0.3, -0.25) is 0 Å². The van der Waals surface area contributed by atoms with Crippen molar-refractivity contribution >= 4 is 23.1 Å². The number of nitrogens with zero attached hydrogens (tertiary/aromatic N) is 4. The standard InChI is InChI=1S/C21H27ClN4O/c1-5-12-25(13-6-2)21-19(7-3)24-20-17(10-11-23-26(20)21)16-9-8-15(27-4)14-18(16)22/h8-11,14H,5-7,12-13H2,1-4H3. The third kappa shape index (κ3) is 3.74. The van der Waals surface area contributed by atoms with Crippen LogP contribution in [-0.4, -0.2) is 34.8 Å². The van der Waals surface area contributed by atoms with Gasteiger partial charge >= 0.3 is 0 Å². The van der Waals surface area contributed by atoms with Gasteiger partial charge in [0.25, 0.3) is 0 Å². The van der Waals surface area contributed by atoms with E-state index in [9.17, 15) is 0 Å². The minimum atomic E-state index is 0.643. The van der Waals surface area contributed by atoms with E-state index in [4.69, 9.17) is 21.3 Å². The Morgan fingerprint density at radius 2 is 1.81 bits per heavy atom. The summed E-state index contributed by atoms with van der Waals surface area (Å²) in [5.74, 6) is 1.84. The van der Waals surface area contributed by atoms with Crippen LogP contribution in [0.15, 0.2) is 30.5 Å². The molecule has 1 aromatic carbocycles. The third-order valence-electron chi connectivity index (χ3n) is 4.65. The monoisotopic (exact) mass is 386 g/mol. The highest BCUT2D eigenvalue weighted by Crippen LogP contribution is 2.35. The molecule has 0 fully saturated rings. The summed E-state index contributed by atoms with van der Waals surface area (Å²) in [6.07, 6.45) is 4.85. The lowest BCUT2D eigenvalue weighted by molar-refractivity contribution is 0.415. The Morgan fingerprint density at radius 3 is 2.41 bits per heavy atom. The second-order valence-electron chi connectivity index (χ2n) is 6.55. The van der Waals surface area contributed by atoms with Crippen molar-refractivity contribution in [3.05, 3.63) is 41.2 Å². The van der Waals surface area contributed by atoms with Crippen molar-refractivity contribution in [2.45, 2.75) is 40.0 Å². The maximum atomic E-state index is 6.54. The van der Waals surface area contributed by atoms with E-state index in [-0.39, 0.29) is 0 Å². The summed E-state index contributed by atoms with van der Waals surface area (Å²) in [7, 11) is 1.64. The van der Waals surface area contributed by atoms with E-state index in [1.165, 1.54) is 0 Å². The van der Waals surface area contributed by atoms with Crippen molar-refractivity contribution in [1.82, 2.24) is 14.6 Å². The summed E-state index contributed by atoms with van der Waals surface area (Å²) in [5, 5.41) is 5.27. The first-order valence-corrected chi connectivity index (χ1v) is 9.97. The van der Waals surface area contributed by atoms with Gasteiger partial charge < -0.3 is 9.64 Å². The molecule has 2 heterocycles. The molecule has 0 saturated heterocycles. The number of anilines is 1. The molecular formula is C21H27ClN4O. The van der Waals surface area contributed by atoms with E-state index in [0.29, 0.717) is 5.02 Å². The Balaban J connectivity index is 2.20. The molecule has 5 nitrogen and oxygen atoms in total. The van der Waals surface area contributed by atoms with Crippen molar-refractivity contribution in [2.75, 3.05) is 25.1 Å². The summed E-state index contributed by atoms with van der Waals surface area (Å²) in [6, 6.07) is 7.71. The molecule has 0 aliphatic heterocycles. The normalized spacial score (nSPS) is 11.1. The minimum Gasteiger partial charge on any atom is -0.497 e. The van der Waals surface area contributed by atoms with Crippen LogP contribution in [0.5, 0.6) is 5.75 Å². The number of fused-ring (bicyclic) bond motifs is 1. The molecule has 0 saturated carbocycles. The number of rotatable bonds is 8. The van der Waals surface area contributed by atoms with Crippen molar-refractivity contribution in [1.29, 1.82) is 0 Å². The number of ether oxygens (including phenoxy) is 1. The van der Waals surface area contributed by atoms with Crippen LogP contribution in [0.2, 0.25) is 5.02 Å². The SMILES string of the molecule is CCCN(CCC)c1c(CC)nc2c(-c3ccc(OC)cc3Cl)ccnn12. The second-order valence-corrected chi connectivity index (χ2v) is 6.96. The first-order chi connectivity index (χ1) is 13.1. The number of hydrogen-bond acceptors (Lipinski definition) is 4. The lowest BCUT2D eigenvalue weighted by Crippen LogP contribution is -2.27. The number of benzene rings is 1. The fraction of sp³-hybridized carbons (Fsp3) is 0.429. The second kappa shape index (κ2) is 8.61. The van der Waals surface area contributed by atoms with Gasteiger partial charge in [-0.1, -0.05) is 32.4 Å². The van der Waals surface area contributed by atoms with Crippen LogP contribution in [0.25, 0.3) is 16.8 Å². The lowest BCUT2D eigenvalue weighted by Gasteiger charge is -2.23. The summed E-state index contributed by atoms with van der Waals surface area (Å²) >= 11 is 6.54. The van der Waals surface area contributed by atoms with Gasteiger partial charge in [0.1, 0.15) is 5.75 Å². The van der Waals surface area contributed by atoms with Gasteiger partial charge in [0.2, 0.25) is 0 Å². The zero-order chi connectivity index (χ0) is 19.4. The molecular weight excluding hydrogens is 360 g/mol. The van der Waals surface area contributed by atoms with Crippen LogP contribution < -0.4 is 9.64 Å². The largest absolute Gasteiger partial charge is 0.497 e. The van der Waals surface area contributed by atoms with Crippen molar-refractivity contribution < 1.29 is 4.74 Å². The van der Waals surface area contributed by atoms with Crippen LogP contribution in [-0.2, 0) is 6.42 Å². The number of halogens is 1. The Labute approximate surface area is 165 Å². The molecule has 0 N–H and O–H groups in total. The van der Waals surface area contributed by atoms with Gasteiger partial charge in [0.15, 0.2) is 11.5 Å². The average molecular weight is 387 g/mol. The van der Waals surface area contributed by atoms with E-state index < -0.39 is 0 Å². The highest BCUT2D eigenvalue weighted by Gasteiger charge is 2.20. The van der Waals surface area contributed by atoms with Crippen molar-refractivity contribution in [3.8, 4) is 16.9 Å². The molecule has 144 valence electrons. The fourth-order valence-electron chi connectivity index (χ4n) is 3.45. The van der Waals surface area contributed by atoms with E-state index in [0.717, 1.165) is 66.4 Å². The number of methoxy groups -OCH3 is 1. The predicted molar refractivity (Wildman–Crippen MR) is 112 cm³/mol. The van der Waals surface area contributed by atoms with Gasteiger partial charge in [0, 0.05) is 30.4 Å². The maximum Gasteiger partial charge on any atom is 0.164 e. The zero-order valence-corrected chi connectivity index (χ0v) is 17.3. The molecule has 0 bridgehead atoms. The van der Waals surface area contributed by atoms with Crippen LogP contribution >= 0.6 is 11.6 Å². The van der Waals surface area contributed by atoms with Crippen molar-refractivity contribution in [3.63, 3.8) is 0 Å². The molecule has 0 radical (unpaired) electrons. The van der Waals surface area contributed by atoms with Gasteiger partial charge in [0.05, 0.1) is 17.8 Å². The van der Waals surface area contributed by atoms with Gasteiger partial charge in [-0.15, -0.1) is 0 Å². The quantitative estimate of drug-likeness (QED) is 0.530. The summed E-state index contributed by atoms with van der Waals surface area (Å²) < 4.78 is 7.25. The Morgan fingerprint density at radius 1 is 1.07 bits per heavy atom. The average Bonchev–Trinajstić information content (AvgIpc) is 3.06. The lowest BCUT2D eigenvalue weighted by atomic mass is 10.1. The van der Waals surface area contributed by atoms with Gasteiger partial charge in [-0.2, -0.15) is 9.61 Å². The zero-order valence-electron chi connectivity index (χ0n) is 16.5. The first-order valence-electron chi connectivity index (χ1n) is 9.59. The van der Waals surface area contributed by atoms with Crippen LogP contribution in [0.4, 0.5) is 5.82 Å². The number of imidazole rings is 1.